The fourth-order valence-electron chi connectivity index (χ4n) is 3.06. The number of nitrogens with zero attached hydrogens (tertiary/aromatic N) is 1. The van der Waals surface area contributed by atoms with Gasteiger partial charge in [-0.3, -0.25) is 4.79 Å². The Morgan fingerprint density at radius 3 is 2.50 bits per heavy atom. The molecule has 92 valence electrons. The van der Waals surface area contributed by atoms with Gasteiger partial charge in [0.15, 0.2) is 0 Å². The molecule has 0 radical (unpaired) electrons. The lowest BCUT2D eigenvalue weighted by atomic mass is 9.93. The van der Waals surface area contributed by atoms with Crippen molar-refractivity contribution in [1.82, 2.24) is 4.90 Å². The average Bonchev–Trinajstić information content (AvgIpc) is 2.67. The van der Waals surface area contributed by atoms with Gasteiger partial charge in [0.1, 0.15) is 0 Å². The minimum Gasteiger partial charge on any atom is -0.342 e. The Bertz CT molecular complexity index is 269. The van der Waals surface area contributed by atoms with Crippen molar-refractivity contribution >= 4 is 17.5 Å². The van der Waals surface area contributed by atoms with E-state index >= 15 is 0 Å². The summed E-state index contributed by atoms with van der Waals surface area (Å²) in [6.45, 7) is 6.08. The van der Waals surface area contributed by atoms with Crippen molar-refractivity contribution in [1.29, 1.82) is 0 Å². The van der Waals surface area contributed by atoms with Crippen molar-refractivity contribution < 1.29 is 4.79 Å². The number of carbonyl (C=O) groups excluding carboxylic acids is 1. The third kappa shape index (κ3) is 2.37. The van der Waals surface area contributed by atoms with E-state index in [0.717, 1.165) is 25.9 Å². The number of halogens is 1. The van der Waals surface area contributed by atoms with Gasteiger partial charge in [-0.05, 0) is 31.1 Å². The minimum absolute atomic E-state index is 0.255. The molecule has 2 fully saturated rings. The van der Waals surface area contributed by atoms with Crippen LogP contribution in [0.4, 0.5) is 0 Å². The van der Waals surface area contributed by atoms with Crippen LogP contribution in [0.1, 0.15) is 39.5 Å². The highest BCUT2D eigenvalue weighted by molar-refractivity contribution is 6.20. The van der Waals surface area contributed by atoms with Crippen LogP contribution in [0.25, 0.3) is 0 Å². The molecule has 1 saturated heterocycles. The molecule has 1 aliphatic heterocycles. The summed E-state index contributed by atoms with van der Waals surface area (Å²) in [7, 11) is 0. The zero-order valence-electron chi connectivity index (χ0n) is 10.3. The summed E-state index contributed by atoms with van der Waals surface area (Å²) < 4.78 is 0. The fourth-order valence-corrected chi connectivity index (χ4v) is 3.24. The normalized spacial score (nSPS) is 40.1. The molecule has 2 nitrogen and oxygen atoms in total. The number of hydrogen-bond donors (Lipinski definition) is 0. The second-order valence-electron chi connectivity index (χ2n) is 5.58. The number of rotatable bonds is 1. The van der Waals surface area contributed by atoms with Gasteiger partial charge < -0.3 is 4.90 Å². The van der Waals surface area contributed by atoms with Crippen molar-refractivity contribution in [3.8, 4) is 0 Å². The fraction of sp³-hybridized carbons (Fsp3) is 0.923. The molecule has 1 heterocycles. The van der Waals surface area contributed by atoms with Crippen molar-refractivity contribution in [2.45, 2.75) is 44.9 Å². The summed E-state index contributed by atoms with van der Waals surface area (Å²) in [6.07, 6.45) is 4.49. The van der Waals surface area contributed by atoms with Gasteiger partial charge in [0.25, 0.3) is 0 Å². The molecule has 2 aliphatic rings. The first kappa shape index (κ1) is 12.2. The van der Waals surface area contributed by atoms with Crippen LogP contribution < -0.4 is 0 Å². The van der Waals surface area contributed by atoms with Crippen LogP contribution in [-0.2, 0) is 4.79 Å². The molecule has 1 saturated carbocycles. The smallest absolute Gasteiger partial charge is 0.225 e. The van der Waals surface area contributed by atoms with Crippen LogP contribution in [-0.4, -0.2) is 29.3 Å². The first-order chi connectivity index (χ1) is 7.59. The van der Waals surface area contributed by atoms with Crippen molar-refractivity contribution in [3.63, 3.8) is 0 Å². The topological polar surface area (TPSA) is 20.3 Å². The van der Waals surface area contributed by atoms with Gasteiger partial charge in [-0.25, -0.2) is 0 Å². The Balaban J connectivity index is 1.95. The summed E-state index contributed by atoms with van der Waals surface area (Å²) in [5, 5.41) is 0.255. The third-order valence-corrected chi connectivity index (χ3v) is 4.94. The number of likely N-dealkylation sites (tertiary alicyclic amines) is 1. The number of piperidine rings is 1. The number of amides is 1. The number of carbonyl (C=O) groups is 1. The van der Waals surface area contributed by atoms with Crippen molar-refractivity contribution in [3.05, 3.63) is 0 Å². The van der Waals surface area contributed by atoms with Crippen molar-refractivity contribution in [2.75, 3.05) is 13.1 Å². The largest absolute Gasteiger partial charge is 0.342 e. The highest BCUT2D eigenvalue weighted by Crippen LogP contribution is 2.34. The summed E-state index contributed by atoms with van der Waals surface area (Å²) in [4.78, 5) is 14.4. The molecule has 0 aromatic heterocycles. The van der Waals surface area contributed by atoms with E-state index in [2.05, 4.69) is 18.7 Å². The second-order valence-corrected chi connectivity index (χ2v) is 6.14. The maximum absolute atomic E-state index is 12.3. The SMILES string of the molecule is CC1CN(C(=O)C2CCCC2C)CCC1Cl. The molecule has 4 atom stereocenters. The highest BCUT2D eigenvalue weighted by Gasteiger charge is 2.35. The maximum Gasteiger partial charge on any atom is 0.225 e. The van der Waals surface area contributed by atoms with Crippen LogP contribution in [0.2, 0.25) is 0 Å². The zero-order chi connectivity index (χ0) is 11.7. The molecule has 0 N–H and O–H groups in total. The Hall–Kier alpha value is -0.240. The molecule has 1 aliphatic carbocycles. The zero-order valence-corrected chi connectivity index (χ0v) is 11.0. The van der Waals surface area contributed by atoms with Gasteiger partial charge in [-0.1, -0.05) is 20.3 Å². The number of hydrogen-bond acceptors (Lipinski definition) is 1. The molecular weight excluding hydrogens is 222 g/mol. The van der Waals surface area contributed by atoms with Crippen LogP contribution in [0, 0.1) is 17.8 Å². The lowest BCUT2D eigenvalue weighted by Gasteiger charge is -2.36. The lowest BCUT2D eigenvalue weighted by Crippen LogP contribution is -2.46. The van der Waals surface area contributed by atoms with Gasteiger partial charge >= 0.3 is 0 Å². The van der Waals surface area contributed by atoms with E-state index < -0.39 is 0 Å². The van der Waals surface area contributed by atoms with Gasteiger partial charge in [0, 0.05) is 24.4 Å². The minimum atomic E-state index is 0.255. The van der Waals surface area contributed by atoms with E-state index in [9.17, 15) is 4.79 Å². The van der Waals surface area contributed by atoms with E-state index in [1.54, 1.807) is 0 Å². The standard InChI is InChI=1S/C13H22ClNO/c1-9-4-3-5-11(9)13(16)15-7-6-12(14)10(2)8-15/h9-12H,3-8H2,1-2H3. The first-order valence-electron chi connectivity index (χ1n) is 6.52. The molecule has 16 heavy (non-hydrogen) atoms. The highest BCUT2D eigenvalue weighted by atomic mass is 35.5. The quantitative estimate of drug-likeness (QED) is 0.649. The van der Waals surface area contributed by atoms with E-state index in [0.29, 0.717) is 23.7 Å². The maximum atomic E-state index is 12.3. The number of alkyl halides is 1. The molecule has 3 heteroatoms. The van der Waals surface area contributed by atoms with Gasteiger partial charge in [-0.2, -0.15) is 0 Å². The summed E-state index contributed by atoms with van der Waals surface area (Å²) in [5.41, 5.74) is 0. The Labute approximate surface area is 103 Å². The van der Waals surface area contributed by atoms with Gasteiger partial charge in [0.05, 0.1) is 0 Å². The van der Waals surface area contributed by atoms with Crippen LogP contribution >= 0.6 is 11.6 Å². The molecular formula is C13H22ClNO. The van der Waals surface area contributed by atoms with E-state index in [1.165, 1.54) is 12.8 Å². The molecule has 0 aromatic carbocycles. The average molecular weight is 244 g/mol. The molecule has 0 aromatic rings. The molecule has 2 rings (SSSR count). The monoisotopic (exact) mass is 243 g/mol. The Kier molecular flexibility index (Phi) is 3.78. The summed E-state index contributed by atoms with van der Waals surface area (Å²) in [5.74, 6) is 1.70. The Morgan fingerprint density at radius 1 is 1.19 bits per heavy atom. The van der Waals surface area contributed by atoms with E-state index in [4.69, 9.17) is 11.6 Å². The summed E-state index contributed by atoms with van der Waals surface area (Å²) in [6, 6.07) is 0. The van der Waals surface area contributed by atoms with E-state index in [1.807, 2.05) is 0 Å². The third-order valence-electron chi connectivity index (χ3n) is 4.29. The Morgan fingerprint density at radius 2 is 1.94 bits per heavy atom. The van der Waals surface area contributed by atoms with Crippen LogP contribution in [0.3, 0.4) is 0 Å². The molecule has 0 spiro atoms. The van der Waals surface area contributed by atoms with E-state index in [-0.39, 0.29) is 5.38 Å². The molecule has 1 amide bonds. The predicted octanol–water partition coefficient (Wildman–Crippen LogP) is 2.90. The predicted molar refractivity (Wildman–Crippen MR) is 66.5 cm³/mol. The second kappa shape index (κ2) is 4.95. The van der Waals surface area contributed by atoms with Gasteiger partial charge in [0.2, 0.25) is 5.91 Å². The summed E-state index contributed by atoms with van der Waals surface area (Å²) >= 11 is 6.19. The lowest BCUT2D eigenvalue weighted by molar-refractivity contribution is -0.138. The van der Waals surface area contributed by atoms with Crippen LogP contribution in [0.5, 0.6) is 0 Å². The van der Waals surface area contributed by atoms with Crippen LogP contribution in [0.15, 0.2) is 0 Å². The molecule has 0 bridgehead atoms. The van der Waals surface area contributed by atoms with Crippen molar-refractivity contribution in [2.24, 2.45) is 17.8 Å². The van der Waals surface area contributed by atoms with Gasteiger partial charge in [-0.15, -0.1) is 11.6 Å². The first-order valence-corrected chi connectivity index (χ1v) is 6.96. The molecule has 4 unspecified atom stereocenters.